The Kier molecular flexibility index (Phi) is 4.53. The lowest BCUT2D eigenvalue weighted by molar-refractivity contribution is 0.0735. The van der Waals surface area contributed by atoms with Gasteiger partial charge in [0.1, 0.15) is 0 Å². The molecule has 0 atom stereocenters. The van der Waals surface area contributed by atoms with E-state index in [0.717, 1.165) is 4.31 Å². The molecule has 18 heavy (non-hydrogen) atoms. The Morgan fingerprint density at radius 2 is 1.78 bits per heavy atom. The fraction of sp³-hybridized carbons (Fsp3) is 0.545. The van der Waals surface area contributed by atoms with Gasteiger partial charge in [-0.2, -0.15) is 0 Å². The van der Waals surface area contributed by atoms with Gasteiger partial charge in [-0.25, -0.2) is 12.7 Å². The van der Waals surface area contributed by atoms with Gasteiger partial charge in [0.25, 0.3) is 15.9 Å². The van der Waals surface area contributed by atoms with Crippen molar-refractivity contribution in [1.29, 1.82) is 0 Å². The zero-order valence-electron chi connectivity index (χ0n) is 11.0. The molecule has 1 rings (SSSR count). The van der Waals surface area contributed by atoms with E-state index in [2.05, 4.69) is 0 Å². The Bertz CT molecular complexity index is 515. The molecule has 0 aliphatic heterocycles. The van der Waals surface area contributed by atoms with E-state index < -0.39 is 10.0 Å². The Morgan fingerprint density at radius 1 is 1.22 bits per heavy atom. The van der Waals surface area contributed by atoms with Crippen LogP contribution in [0.1, 0.15) is 24.4 Å². The smallest absolute Gasteiger partial charge is 0.289 e. The van der Waals surface area contributed by atoms with E-state index in [1.807, 2.05) is 13.8 Å². The number of carbonyl (C=O) groups is 1. The number of hydrogen-bond acceptors (Lipinski definition) is 4. The highest BCUT2D eigenvalue weighted by Gasteiger charge is 2.24. The first-order valence-electron chi connectivity index (χ1n) is 5.66. The summed E-state index contributed by atoms with van der Waals surface area (Å²) >= 11 is 0. The van der Waals surface area contributed by atoms with E-state index in [0.29, 0.717) is 13.1 Å². The van der Waals surface area contributed by atoms with Gasteiger partial charge in [0.15, 0.2) is 5.76 Å². The lowest BCUT2D eigenvalue weighted by atomic mass is 10.4. The van der Waals surface area contributed by atoms with E-state index >= 15 is 0 Å². The topological polar surface area (TPSA) is 70.8 Å². The molecular formula is C11H18N2O4S. The summed E-state index contributed by atoms with van der Waals surface area (Å²) in [6, 6.07) is 2.68. The molecule has 0 radical (unpaired) electrons. The fourth-order valence-electron chi connectivity index (χ4n) is 1.42. The molecule has 1 heterocycles. The van der Waals surface area contributed by atoms with Crippen molar-refractivity contribution in [3.05, 3.63) is 17.9 Å². The molecule has 0 fully saturated rings. The molecule has 0 unspecified atom stereocenters. The Hall–Kier alpha value is -1.34. The van der Waals surface area contributed by atoms with Crippen molar-refractivity contribution in [1.82, 2.24) is 9.21 Å². The first kappa shape index (κ1) is 14.7. The zero-order valence-corrected chi connectivity index (χ0v) is 11.8. The maximum atomic E-state index is 11.9. The summed E-state index contributed by atoms with van der Waals surface area (Å²) in [5.41, 5.74) is 0. The molecule has 0 aliphatic carbocycles. The van der Waals surface area contributed by atoms with Crippen LogP contribution in [-0.4, -0.2) is 50.7 Å². The van der Waals surface area contributed by atoms with E-state index in [1.54, 1.807) is 4.90 Å². The molecule has 0 bridgehead atoms. The second-order valence-electron chi connectivity index (χ2n) is 3.88. The van der Waals surface area contributed by atoms with Crippen molar-refractivity contribution in [2.75, 3.05) is 27.2 Å². The van der Waals surface area contributed by atoms with Crippen molar-refractivity contribution < 1.29 is 17.6 Å². The fourth-order valence-corrected chi connectivity index (χ4v) is 2.22. The van der Waals surface area contributed by atoms with Crippen molar-refractivity contribution in [3.8, 4) is 0 Å². The highest BCUT2D eigenvalue weighted by Crippen LogP contribution is 2.18. The van der Waals surface area contributed by atoms with E-state index in [1.165, 1.54) is 26.2 Å². The van der Waals surface area contributed by atoms with Crippen LogP contribution in [0.25, 0.3) is 0 Å². The van der Waals surface area contributed by atoms with E-state index in [4.69, 9.17) is 4.42 Å². The molecule has 1 amide bonds. The third-order valence-electron chi connectivity index (χ3n) is 2.58. The maximum Gasteiger partial charge on any atom is 0.289 e. The second-order valence-corrected chi connectivity index (χ2v) is 5.97. The molecule has 0 saturated carbocycles. The molecule has 0 saturated heterocycles. The van der Waals surface area contributed by atoms with Crippen LogP contribution in [-0.2, 0) is 10.0 Å². The monoisotopic (exact) mass is 274 g/mol. The quantitative estimate of drug-likeness (QED) is 0.803. The van der Waals surface area contributed by atoms with E-state index in [9.17, 15) is 13.2 Å². The normalized spacial score (nSPS) is 11.8. The van der Waals surface area contributed by atoms with Gasteiger partial charge in [-0.05, 0) is 26.0 Å². The van der Waals surface area contributed by atoms with Crippen LogP contribution in [0.15, 0.2) is 21.6 Å². The molecule has 0 N–H and O–H groups in total. The molecule has 1 aromatic rings. The molecule has 0 aliphatic rings. The van der Waals surface area contributed by atoms with Crippen molar-refractivity contribution >= 4 is 15.9 Å². The van der Waals surface area contributed by atoms with Crippen LogP contribution >= 0.6 is 0 Å². The summed E-state index contributed by atoms with van der Waals surface area (Å²) in [6.07, 6.45) is 0. The molecule has 1 aromatic heterocycles. The first-order chi connectivity index (χ1) is 8.34. The Balaban J connectivity index is 3.04. The predicted molar refractivity (Wildman–Crippen MR) is 66.8 cm³/mol. The van der Waals surface area contributed by atoms with Gasteiger partial charge < -0.3 is 9.32 Å². The van der Waals surface area contributed by atoms with Gasteiger partial charge in [-0.15, -0.1) is 0 Å². The van der Waals surface area contributed by atoms with Gasteiger partial charge in [-0.3, -0.25) is 4.79 Å². The second kappa shape index (κ2) is 5.53. The summed E-state index contributed by atoms with van der Waals surface area (Å²) in [5, 5.41) is -0.219. The van der Waals surface area contributed by atoms with Crippen molar-refractivity contribution in [3.63, 3.8) is 0 Å². The van der Waals surface area contributed by atoms with Crippen LogP contribution in [0.5, 0.6) is 0 Å². The number of rotatable bonds is 5. The summed E-state index contributed by atoms with van der Waals surface area (Å²) in [5.74, 6) is -0.265. The largest absolute Gasteiger partial charge is 0.438 e. The number of hydrogen-bond donors (Lipinski definition) is 0. The molecule has 6 nitrogen and oxygen atoms in total. The number of nitrogens with zero attached hydrogens (tertiary/aromatic N) is 2. The average Bonchev–Trinajstić information content (AvgIpc) is 2.80. The predicted octanol–water partition coefficient (Wildman–Crippen LogP) is 1.01. The molecule has 102 valence electrons. The summed E-state index contributed by atoms with van der Waals surface area (Å²) < 4.78 is 29.7. The number of furan rings is 1. The minimum Gasteiger partial charge on any atom is -0.438 e. The molecule has 7 heteroatoms. The van der Waals surface area contributed by atoms with Crippen LogP contribution < -0.4 is 0 Å². The van der Waals surface area contributed by atoms with Gasteiger partial charge in [0.2, 0.25) is 5.09 Å². The van der Waals surface area contributed by atoms with Crippen LogP contribution in [0.4, 0.5) is 0 Å². The first-order valence-corrected chi connectivity index (χ1v) is 7.10. The minimum atomic E-state index is -3.63. The third-order valence-corrected chi connectivity index (χ3v) is 4.27. The highest BCUT2D eigenvalue weighted by atomic mass is 32.2. The van der Waals surface area contributed by atoms with Gasteiger partial charge in [-0.1, -0.05) is 0 Å². The van der Waals surface area contributed by atoms with Crippen molar-refractivity contribution in [2.24, 2.45) is 0 Å². The standard InChI is InChI=1S/C11H18N2O4S/c1-5-13(6-2)11(14)9-7-8-10(17-9)18(15,16)12(3)4/h7-8H,5-6H2,1-4H3. The number of sulfonamides is 1. The SMILES string of the molecule is CCN(CC)C(=O)c1ccc(S(=O)(=O)N(C)C)o1. The minimum absolute atomic E-state index is 0.0409. The highest BCUT2D eigenvalue weighted by molar-refractivity contribution is 7.88. The van der Waals surface area contributed by atoms with Crippen LogP contribution in [0.3, 0.4) is 0 Å². The average molecular weight is 274 g/mol. The van der Waals surface area contributed by atoms with Crippen molar-refractivity contribution in [2.45, 2.75) is 18.9 Å². The van der Waals surface area contributed by atoms with Crippen LogP contribution in [0.2, 0.25) is 0 Å². The van der Waals surface area contributed by atoms with Crippen LogP contribution in [0, 0.1) is 0 Å². The Labute approximate surface area is 107 Å². The summed E-state index contributed by atoms with van der Waals surface area (Å²) in [7, 11) is -0.820. The number of amides is 1. The zero-order chi connectivity index (χ0) is 13.9. The Morgan fingerprint density at radius 3 is 2.22 bits per heavy atom. The van der Waals surface area contributed by atoms with E-state index in [-0.39, 0.29) is 16.8 Å². The summed E-state index contributed by atoms with van der Waals surface area (Å²) in [4.78, 5) is 13.5. The molecule has 0 spiro atoms. The summed E-state index contributed by atoms with van der Waals surface area (Å²) in [6.45, 7) is 4.79. The molecular weight excluding hydrogens is 256 g/mol. The maximum absolute atomic E-state index is 11.9. The lowest BCUT2D eigenvalue weighted by Gasteiger charge is -2.16. The number of carbonyl (C=O) groups excluding carboxylic acids is 1. The molecule has 0 aromatic carbocycles. The van der Waals surface area contributed by atoms with Gasteiger partial charge in [0, 0.05) is 27.2 Å². The lowest BCUT2D eigenvalue weighted by Crippen LogP contribution is -2.30. The van der Waals surface area contributed by atoms with Gasteiger partial charge in [0.05, 0.1) is 0 Å². The van der Waals surface area contributed by atoms with Gasteiger partial charge >= 0.3 is 0 Å². The third kappa shape index (κ3) is 2.73.